The molecule has 3 heterocycles. The predicted octanol–water partition coefficient (Wildman–Crippen LogP) is 3.66. The van der Waals surface area contributed by atoms with Crippen LogP contribution in [0.5, 0.6) is 0 Å². The fourth-order valence-corrected chi connectivity index (χ4v) is 4.01. The number of hydrogen-bond donors (Lipinski definition) is 2. The molecule has 0 bridgehead atoms. The molecular formula is C19H18FN3. The zero-order chi connectivity index (χ0) is 15.4. The zero-order valence-corrected chi connectivity index (χ0v) is 12.8. The second-order valence-electron chi connectivity index (χ2n) is 6.51. The minimum absolute atomic E-state index is 0.150. The molecule has 116 valence electrons. The van der Waals surface area contributed by atoms with Crippen LogP contribution in [0.15, 0.2) is 42.5 Å². The molecule has 0 saturated heterocycles. The summed E-state index contributed by atoms with van der Waals surface area (Å²) in [5.74, 6) is -0.150. The number of nitrogens with one attached hydrogen (secondary N) is 2. The van der Waals surface area contributed by atoms with Gasteiger partial charge in [-0.1, -0.05) is 18.2 Å². The van der Waals surface area contributed by atoms with Gasteiger partial charge in [-0.15, -0.1) is 0 Å². The van der Waals surface area contributed by atoms with E-state index in [-0.39, 0.29) is 12.0 Å². The summed E-state index contributed by atoms with van der Waals surface area (Å²) in [6.45, 7) is 1.95. The first-order chi connectivity index (χ1) is 11.3. The van der Waals surface area contributed by atoms with E-state index in [1.807, 2.05) is 6.07 Å². The number of H-pyrrole nitrogens is 1. The largest absolute Gasteiger partial charge is 0.369 e. The Hall–Kier alpha value is -2.33. The third kappa shape index (κ3) is 2.05. The van der Waals surface area contributed by atoms with Gasteiger partial charge in [0.05, 0.1) is 6.17 Å². The van der Waals surface area contributed by atoms with Gasteiger partial charge >= 0.3 is 0 Å². The number of fused-ring (bicyclic) bond motifs is 4. The normalized spacial score (nSPS) is 20.3. The molecule has 1 atom stereocenters. The molecule has 1 unspecified atom stereocenters. The molecule has 23 heavy (non-hydrogen) atoms. The standard InChI is InChI=1S/C19H18FN3/c20-13-5-6-16-12(9-13)10-19(22-16)23-8-7-15-14-3-1-2-4-17(14)21-18(15)11-23/h1-6,9,19,21-22H,7-8,10-11H2. The highest BCUT2D eigenvalue weighted by molar-refractivity contribution is 5.84. The maximum atomic E-state index is 13.4. The molecule has 5 rings (SSSR count). The summed E-state index contributed by atoms with van der Waals surface area (Å²) in [6.07, 6.45) is 2.18. The van der Waals surface area contributed by atoms with Crippen molar-refractivity contribution in [1.82, 2.24) is 9.88 Å². The number of rotatable bonds is 1. The van der Waals surface area contributed by atoms with E-state index in [0.29, 0.717) is 0 Å². The average Bonchev–Trinajstić information content (AvgIpc) is 3.14. The van der Waals surface area contributed by atoms with E-state index in [1.54, 1.807) is 6.07 Å². The topological polar surface area (TPSA) is 31.1 Å². The van der Waals surface area contributed by atoms with Gasteiger partial charge in [-0.3, -0.25) is 4.90 Å². The number of aromatic amines is 1. The third-order valence-electron chi connectivity index (χ3n) is 5.16. The van der Waals surface area contributed by atoms with Crippen molar-refractivity contribution in [2.45, 2.75) is 25.6 Å². The van der Waals surface area contributed by atoms with Gasteiger partial charge in [0.1, 0.15) is 5.82 Å². The van der Waals surface area contributed by atoms with Crippen LogP contribution in [0.2, 0.25) is 0 Å². The number of benzene rings is 2. The summed E-state index contributed by atoms with van der Waals surface area (Å²) in [6, 6.07) is 13.6. The van der Waals surface area contributed by atoms with Crippen LogP contribution >= 0.6 is 0 Å². The predicted molar refractivity (Wildman–Crippen MR) is 89.9 cm³/mol. The molecule has 3 nitrogen and oxygen atoms in total. The smallest absolute Gasteiger partial charge is 0.123 e. The highest BCUT2D eigenvalue weighted by Crippen LogP contribution is 2.32. The number of halogens is 1. The lowest BCUT2D eigenvalue weighted by molar-refractivity contribution is 0.199. The SMILES string of the molecule is Fc1ccc2c(c1)CC(N1CCc3c([nH]c4ccccc34)C1)N2. The van der Waals surface area contributed by atoms with Crippen molar-refractivity contribution in [1.29, 1.82) is 0 Å². The molecule has 4 heteroatoms. The van der Waals surface area contributed by atoms with Gasteiger partial charge < -0.3 is 10.3 Å². The highest BCUT2D eigenvalue weighted by atomic mass is 19.1. The quantitative estimate of drug-likeness (QED) is 0.719. The fraction of sp³-hybridized carbons (Fsp3) is 0.263. The van der Waals surface area contributed by atoms with Crippen LogP contribution in [0, 0.1) is 5.82 Å². The summed E-state index contributed by atoms with van der Waals surface area (Å²) in [7, 11) is 0. The van der Waals surface area contributed by atoms with Gasteiger partial charge in [0.15, 0.2) is 0 Å². The number of para-hydroxylation sites is 1. The van der Waals surface area contributed by atoms with E-state index in [2.05, 4.69) is 39.5 Å². The second-order valence-corrected chi connectivity index (χ2v) is 6.51. The lowest BCUT2D eigenvalue weighted by atomic mass is 10.0. The third-order valence-corrected chi connectivity index (χ3v) is 5.16. The van der Waals surface area contributed by atoms with Crippen molar-refractivity contribution in [2.75, 3.05) is 11.9 Å². The van der Waals surface area contributed by atoms with E-state index in [9.17, 15) is 4.39 Å². The Labute approximate surface area is 134 Å². The summed E-state index contributed by atoms with van der Waals surface area (Å²) in [5, 5.41) is 4.89. The Morgan fingerprint density at radius 1 is 1.13 bits per heavy atom. The summed E-state index contributed by atoms with van der Waals surface area (Å²) >= 11 is 0. The first-order valence-electron chi connectivity index (χ1n) is 8.15. The van der Waals surface area contributed by atoms with Gasteiger partial charge in [-0.25, -0.2) is 4.39 Å². The van der Waals surface area contributed by atoms with E-state index in [1.165, 1.54) is 28.2 Å². The van der Waals surface area contributed by atoms with E-state index >= 15 is 0 Å². The number of nitrogens with zero attached hydrogens (tertiary/aromatic N) is 1. The van der Waals surface area contributed by atoms with Gasteiger partial charge in [-0.2, -0.15) is 0 Å². The van der Waals surface area contributed by atoms with E-state index in [4.69, 9.17) is 0 Å². The van der Waals surface area contributed by atoms with Crippen LogP contribution < -0.4 is 5.32 Å². The van der Waals surface area contributed by atoms with Crippen LogP contribution in [0.4, 0.5) is 10.1 Å². The van der Waals surface area contributed by atoms with Crippen LogP contribution in [-0.4, -0.2) is 22.6 Å². The van der Waals surface area contributed by atoms with Crippen LogP contribution in [0.1, 0.15) is 16.8 Å². The minimum atomic E-state index is -0.150. The fourth-order valence-electron chi connectivity index (χ4n) is 4.01. The van der Waals surface area contributed by atoms with Gasteiger partial charge in [0, 0.05) is 41.8 Å². The van der Waals surface area contributed by atoms with Crippen molar-refractivity contribution >= 4 is 16.6 Å². The molecule has 1 aromatic heterocycles. The number of aromatic nitrogens is 1. The number of hydrogen-bond acceptors (Lipinski definition) is 2. The van der Waals surface area contributed by atoms with Gasteiger partial charge in [0.25, 0.3) is 0 Å². The van der Waals surface area contributed by atoms with Crippen LogP contribution in [-0.2, 0) is 19.4 Å². The Bertz CT molecular complexity index is 899. The molecule has 0 fully saturated rings. The Morgan fingerprint density at radius 3 is 3.00 bits per heavy atom. The van der Waals surface area contributed by atoms with Crippen molar-refractivity contribution in [3.8, 4) is 0 Å². The lowest BCUT2D eigenvalue weighted by Crippen LogP contribution is -2.42. The molecule has 2 aromatic carbocycles. The van der Waals surface area contributed by atoms with Crippen molar-refractivity contribution < 1.29 is 4.39 Å². The van der Waals surface area contributed by atoms with Crippen LogP contribution in [0.3, 0.4) is 0 Å². The molecule has 0 saturated carbocycles. The highest BCUT2D eigenvalue weighted by Gasteiger charge is 2.30. The van der Waals surface area contributed by atoms with Crippen molar-refractivity contribution in [3.05, 3.63) is 65.1 Å². The van der Waals surface area contributed by atoms with Gasteiger partial charge in [0.2, 0.25) is 0 Å². The molecule has 2 aliphatic heterocycles. The molecule has 0 spiro atoms. The molecular weight excluding hydrogens is 289 g/mol. The molecule has 0 radical (unpaired) electrons. The van der Waals surface area contributed by atoms with Crippen molar-refractivity contribution in [3.63, 3.8) is 0 Å². The summed E-state index contributed by atoms with van der Waals surface area (Å²) < 4.78 is 13.4. The first-order valence-corrected chi connectivity index (χ1v) is 8.15. The molecule has 0 aliphatic carbocycles. The van der Waals surface area contributed by atoms with Crippen molar-refractivity contribution in [2.24, 2.45) is 0 Å². The summed E-state index contributed by atoms with van der Waals surface area (Å²) in [4.78, 5) is 6.02. The molecule has 3 aromatic rings. The maximum Gasteiger partial charge on any atom is 0.123 e. The van der Waals surface area contributed by atoms with Crippen LogP contribution in [0.25, 0.3) is 10.9 Å². The van der Waals surface area contributed by atoms with Gasteiger partial charge in [-0.05, 0) is 41.8 Å². The number of anilines is 1. The Kier molecular flexibility index (Phi) is 2.76. The first kappa shape index (κ1) is 13.1. The summed E-state index contributed by atoms with van der Waals surface area (Å²) in [5.41, 5.74) is 6.15. The second kappa shape index (κ2) is 4.83. The van der Waals surface area contributed by atoms with E-state index in [0.717, 1.165) is 37.2 Å². The zero-order valence-electron chi connectivity index (χ0n) is 12.8. The maximum absolute atomic E-state index is 13.4. The monoisotopic (exact) mass is 307 g/mol. The van der Waals surface area contributed by atoms with E-state index < -0.39 is 0 Å². The molecule has 2 N–H and O–H groups in total. The molecule has 2 aliphatic rings. The average molecular weight is 307 g/mol. The Balaban J connectivity index is 1.42. The lowest BCUT2D eigenvalue weighted by Gasteiger charge is -2.32. The Morgan fingerprint density at radius 2 is 2.04 bits per heavy atom. The molecule has 0 amide bonds. The minimum Gasteiger partial charge on any atom is -0.369 e.